The van der Waals surface area contributed by atoms with Gasteiger partial charge < -0.3 is 14.5 Å². The molecule has 1 unspecified atom stereocenters. The van der Waals surface area contributed by atoms with Gasteiger partial charge >= 0.3 is 5.97 Å². The molecule has 108 valence electrons. The van der Waals surface area contributed by atoms with E-state index in [2.05, 4.69) is 5.32 Å². The number of methoxy groups -OCH3 is 1. The predicted octanol–water partition coefficient (Wildman–Crippen LogP) is 2.32. The Morgan fingerprint density at radius 1 is 1.19 bits per heavy atom. The first-order chi connectivity index (χ1) is 10.2. The van der Waals surface area contributed by atoms with E-state index in [0.717, 1.165) is 0 Å². The van der Waals surface area contributed by atoms with Gasteiger partial charge in [-0.1, -0.05) is 30.3 Å². The van der Waals surface area contributed by atoms with Gasteiger partial charge in [0.15, 0.2) is 6.04 Å². The van der Waals surface area contributed by atoms with Crippen LogP contribution in [0.2, 0.25) is 0 Å². The first-order valence-corrected chi connectivity index (χ1v) is 6.35. The lowest BCUT2D eigenvalue weighted by atomic mass is 10.1. The molecule has 1 amide bonds. The molecule has 0 bridgehead atoms. The number of benzene rings is 1. The zero-order chi connectivity index (χ0) is 15.1. The number of nitrogens with one attached hydrogen (secondary N) is 1. The molecule has 21 heavy (non-hydrogen) atoms. The average Bonchev–Trinajstić information content (AvgIpc) is 3.04. The molecule has 1 aromatic heterocycles. The van der Waals surface area contributed by atoms with Gasteiger partial charge in [-0.2, -0.15) is 0 Å². The lowest BCUT2D eigenvalue weighted by Crippen LogP contribution is -2.33. The Hall–Kier alpha value is -2.82. The van der Waals surface area contributed by atoms with E-state index in [0.29, 0.717) is 11.3 Å². The largest absolute Gasteiger partial charge is 0.467 e. The molecule has 0 saturated carbocycles. The van der Waals surface area contributed by atoms with Gasteiger partial charge in [0, 0.05) is 6.08 Å². The molecular weight excluding hydrogens is 270 g/mol. The molecule has 2 aromatic rings. The number of amides is 1. The van der Waals surface area contributed by atoms with Crippen molar-refractivity contribution in [1.29, 1.82) is 0 Å². The standard InChI is InChI=1S/C16H15NO4/c1-20-16(19)15(12-6-3-2-4-7-12)17-14(18)10-9-13-8-5-11-21-13/h2-11,15H,1H3,(H,17,18). The van der Waals surface area contributed by atoms with Crippen LogP contribution in [0.5, 0.6) is 0 Å². The maximum atomic E-state index is 11.9. The zero-order valence-electron chi connectivity index (χ0n) is 11.5. The third kappa shape index (κ3) is 4.07. The van der Waals surface area contributed by atoms with Crippen LogP contribution in [0.15, 0.2) is 59.2 Å². The first kappa shape index (κ1) is 14.6. The van der Waals surface area contributed by atoms with Crippen LogP contribution in [0, 0.1) is 0 Å². The van der Waals surface area contributed by atoms with Gasteiger partial charge in [-0.3, -0.25) is 4.79 Å². The van der Waals surface area contributed by atoms with Crippen molar-refractivity contribution in [2.75, 3.05) is 7.11 Å². The molecule has 0 aliphatic heterocycles. The Morgan fingerprint density at radius 2 is 1.95 bits per heavy atom. The van der Waals surface area contributed by atoms with E-state index in [1.54, 1.807) is 36.4 Å². The minimum atomic E-state index is -0.843. The van der Waals surface area contributed by atoms with Crippen molar-refractivity contribution in [2.45, 2.75) is 6.04 Å². The highest BCUT2D eigenvalue weighted by molar-refractivity contribution is 5.94. The normalized spacial score (nSPS) is 12.0. The van der Waals surface area contributed by atoms with Crippen molar-refractivity contribution in [3.05, 3.63) is 66.1 Å². The smallest absolute Gasteiger partial charge is 0.333 e. The average molecular weight is 285 g/mol. The fourth-order valence-electron chi connectivity index (χ4n) is 1.78. The van der Waals surface area contributed by atoms with Crippen molar-refractivity contribution in [3.8, 4) is 0 Å². The Balaban J connectivity index is 2.08. The van der Waals surface area contributed by atoms with Crippen molar-refractivity contribution >= 4 is 18.0 Å². The zero-order valence-corrected chi connectivity index (χ0v) is 11.5. The Labute approximate surface area is 122 Å². The molecule has 0 spiro atoms. The number of carbonyl (C=O) groups excluding carboxylic acids is 2. The molecule has 5 heteroatoms. The summed E-state index contributed by atoms with van der Waals surface area (Å²) < 4.78 is 9.81. The second-order valence-electron chi connectivity index (χ2n) is 4.22. The van der Waals surface area contributed by atoms with E-state index in [4.69, 9.17) is 9.15 Å². The van der Waals surface area contributed by atoms with Crippen LogP contribution < -0.4 is 5.32 Å². The summed E-state index contributed by atoms with van der Waals surface area (Å²) in [7, 11) is 1.28. The molecule has 2 rings (SSSR count). The van der Waals surface area contributed by atoms with Gasteiger partial charge in [-0.25, -0.2) is 4.79 Å². The van der Waals surface area contributed by atoms with Crippen LogP contribution in [0.3, 0.4) is 0 Å². The Kier molecular flexibility index (Phi) is 4.93. The van der Waals surface area contributed by atoms with Crippen LogP contribution in [0.25, 0.3) is 6.08 Å². The number of esters is 1. The van der Waals surface area contributed by atoms with E-state index < -0.39 is 17.9 Å². The van der Waals surface area contributed by atoms with Crippen molar-refractivity contribution < 1.29 is 18.7 Å². The molecule has 0 saturated heterocycles. The topological polar surface area (TPSA) is 68.5 Å². The highest BCUT2D eigenvalue weighted by atomic mass is 16.5. The monoisotopic (exact) mass is 285 g/mol. The van der Waals surface area contributed by atoms with Gasteiger partial charge in [0.25, 0.3) is 0 Å². The Bertz CT molecular complexity index is 617. The van der Waals surface area contributed by atoms with E-state index in [9.17, 15) is 9.59 Å². The number of rotatable bonds is 5. The van der Waals surface area contributed by atoms with Crippen LogP contribution in [0.4, 0.5) is 0 Å². The molecule has 1 aromatic carbocycles. The molecular formula is C16H15NO4. The van der Waals surface area contributed by atoms with Crippen molar-refractivity contribution in [3.63, 3.8) is 0 Å². The summed E-state index contributed by atoms with van der Waals surface area (Å²) in [5.41, 5.74) is 0.657. The summed E-state index contributed by atoms with van der Waals surface area (Å²) in [6, 6.07) is 11.5. The molecule has 1 heterocycles. The van der Waals surface area contributed by atoms with Gasteiger partial charge in [0.05, 0.1) is 13.4 Å². The predicted molar refractivity (Wildman–Crippen MR) is 77.1 cm³/mol. The van der Waals surface area contributed by atoms with Crippen LogP contribution in [-0.2, 0) is 14.3 Å². The van der Waals surface area contributed by atoms with E-state index in [1.807, 2.05) is 6.07 Å². The Morgan fingerprint density at radius 3 is 2.57 bits per heavy atom. The summed E-state index contributed by atoms with van der Waals surface area (Å²) in [6.45, 7) is 0. The highest BCUT2D eigenvalue weighted by Gasteiger charge is 2.22. The molecule has 5 nitrogen and oxygen atoms in total. The number of hydrogen-bond acceptors (Lipinski definition) is 4. The summed E-state index contributed by atoms with van der Waals surface area (Å²) in [4.78, 5) is 23.7. The van der Waals surface area contributed by atoms with E-state index >= 15 is 0 Å². The highest BCUT2D eigenvalue weighted by Crippen LogP contribution is 2.14. The summed E-state index contributed by atoms with van der Waals surface area (Å²) in [6.07, 6.45) is 4.34. The summed E-state index contributed by atoms with van der Waals surface area (Å²) in [5.74, 6) is -0.383. The maximum absolute atomic E-state index is 11.9. The molecule has 0 aliphatic carbocycles. The molecule has 0 radical (unpaired) electrons. The van der Waals surface area contributed by atoms with Gasteiger partial charge in [0.1, 0.15) is 5.76 Å². The van der Waals surface area contributed by atoms with Crippen molar-refractivity contribution in [2.24, 2.45) is 0 Å². The first-order valence-electron chi connectivity index (χ1n) is 6.35. The van der Waals surface area contributed by atoms with Gasteiger partial charge in [-0.05, 0) is 23.8 Å². The minimum Gasteiger partial charge on any atom is -0.467 e. The molecule has 1 atom stereocenters. The van der Waals surface area contributed by atoms with Gasteiger partial charge in [0.2, 0.25) is 5.91 Å². The second-order valence-corrected chi connectivity index (χ2v) is 4.22. The van der Waals surface area contributed by atoms with E-state index in [-0.39, 0.29) is 0 Å². The fraction of sp³-hybridized carbons (Fsp3) is 0.125. The number of carbonyl (C=O) groups is 2. The number of ether oxygens (including phenoxy) is 1. The summed E-state index contributed by atoms with van der Waals surface area (Å²) >= 11 is 0. The summed E-state index contributed by atoms with van der Waals surface area (Å²) in [5, 5.41) is 2.60. The van der Waals surface area contributed by atoms with Crippen LogP contribution >= 0.6 is 0 Å². The van der Waals surface area contributed by atoms with E-state index in [1.165, 1.54) is 25.5 Å². The second kappa shape index (κ2) is 7.09. The number of hydrogen-bond donors (Lipinski definition) is 1. The number of furan rings is 1. The van der Waals surface area contributed by atoms with Crippen LogP contribution in [-0.4, -0.2) is 19.0 Å². The lowest BCUT2D eigenvalue weighted by Gasteiger charge is -2.15. The third-order valence-electron chi connectivity index (χ3n) is 2.80. The van der Waals surface area contributed by atoms with Crippen LogP contribution in [0.1, 0.15) is 17.4 Å². The lowest BCUT2D eigenvalue weighted by molar-refractivity contribution is -0.144. The minimum absolute atomic E-state index is 0.411. The quantitative estimate of drug-likeness (QED) is 0.676. The maximum Gasteiger partial charge on any atom is 0.333 e. The third-order valence-corrected chi connectivity index (χ3v) is 2.80. The van der Waals surface area contributed by atoms with Gasteiger partial charge in [-0.15, -0.1) is 0 Å². The molecule has 0 aliphatic rings. The SMILES string of the molecule is COC(=O)C(NC(=O)C=Cc1ccco1)c1ccccc1. The van der Waals surface area contributed by atoms with Crippen molar-refractivity contribution in [1.82, 2.24) is 5.32 Å². The fourth-order valence-corrected chi connectivity index (χ4v) is 1.78. The molecule has 1 N–H and O–H groups in total. The molecule has 0 fully saturated rings.